The van der Waals surface area contributed by atoms with Gasteiger partial charge in [-0.25, -0.2) is 0 Å². The van der Waals surface area contributed by atoms with Gasteiger partial charge in [0.15, 0.2) is 0 Å². The largest absolute Gasteiger partial charge is 0.411 e. The number of thioether (sulfide) groups is 1. The molecule has 1 aromatic heterocycles. The lowest BCUT2D eigenvalue weighted by molar-refractivity contribution is -0.115. The molecule has 0 unspecified atom stereocenters. The fraction of sp³-hybridized carbons (Fsp3) is 0.200. The first kappa shape index (κ1) is 18.7. The third kappa shape index (κ3) is 4.74. The van der Waals surface area contributed by atoms with E-state index in [0.717, 1.165) is 16.7 Å². The average Bonchev–Trinajstić information content (AvgIpc) is 3.09. The average molecular weight is 378 g/mol. The summed E-state index contributed by atoms with van der Waals surface area (Å²) in [5.74, 6) is 0.222. The van der Waals surface area contributed by atoms with Crippen LogP contribution < -0.4 is 5.32 Å². The number of hydrogen-bond donors (Lipinski definition) is 1. The third-order valence-electron chi connectivity index (χ3n) is 3.78. The van der Waals surface area contributed by atoms with E-state index in [4.69, 9.17) is 9.68 Å². The zero-order valence-electron chi connectivity index (χ0n) is 15.2. The lowest BCUT2D eigenvalue weighted by atomic mass is 10.1. The second-order valence-corrected chi connectivity index (χ2v) is 7.48. The van der Waals surface area contributed by atoms with Crippen LogP contribution in [0.3, 0.4) is 0 Å². The number of hydrogen-bond acceptors (Lipinski definition) is 6. The van der Waals surface area contributed by atoms with Crippen molar-refractivity contribution in [1.29, 1.82) is 5.26 Å². The molecule has 1 amide bonds. The van der Waals surface area contributed by atoms with E-state index in [-0.39, 0.29) is 5.91 Å². The molecule has 1 atom stereocenters. The summed E-state index contributed by atoms with van der Waals surface area (Å²) in [6.07, 6.45) is 0. The maximum atomic E-state index is 12.4. The third-order valence-corrected chi connectivity index (χ3v) is 4.72. The van der Waals surface area contributed by atoms with Crippen molar-refractivity contribution in [2.45, 2.75) is 31.2 Å². The van der Waals surface area contributed by atoms with E-state index in [1.807, 2.05) is 32.0 Å². The fourth-order valence-corrected chi connectivity index (χ4v) is 3.27. The summed E-state index contributed by atoms with van der Waals surface area (Å²) in [5.41, 5.74) is 4.16. The zero-order valence-corrected chi connectivity index (χ0v) is 16.0. The van der Waals surface area contributed by atoms with E-state index >= 15 is 0 Å². The molecule has 0 saturated heterocycles. The van der Waals surface area contributed by atoms with Crippen molar-refractivity contribution in [3.63, 3.8) is 0 Å². The molecule has 0 radical (unpaired) electrons. The van der Waals surface area contributed by atoms with Crippen LogP contribution in [-0.4, -0.2) is 21.4 Å². The first-order chi connectivity index (χ1) is 12.9. The molecule has 0 fully saturated rings. The molecule has 3 aromatic rings. The van der Waals surface area contributed by atoms with Crippen LogP contribution in [0.15, 0.2) is 52.1 Å². The van der Waals surface area contributed by atoms with Crippen molar-refractivity contribution in [3.05, 3.63) is 59.2 Å². The Bertz CT molecular complexity index is 1000. The maximum absolute atomic E-state index is 12.4. The number of carbonyl (C=O) groups is 1. The Morgan fingerprint density at radius 3 is 2.63 bits per heavy atom. The Balaban J connectivity index is 1.67. The van der Waals surface area contributed by atoms with Crippen LogP contribution in [0.4, 0.5) is 5.69 Å². The predicted octanol–water partition coefficient (Wildman–Crippen LogP) is 4.34. The van der Waals surface area contributed by atoms with Gasteiger partial charge in [-0.15, -0.1) is 10.2 Å². The van der Waals surface area contributed by atoms with Crippen molar-refractivity contribution in [2.75, 3.05) is 5.32 Å². The molecular formula is C20H18N4O2S. The van der Waals surface area contributed by atoms with Crippen LogP contribution >= 0.6 is 11.8 Å². The number of aryl methyl sites for hydroxylation is 2. The minimum absolute atomic E-state index is 0.207. The highest BCUT2D eigenvalue weighted by atomic mass is 32.2. The summed E-state index contributed by atoms with van der Waals surface area (Å²) in [5, 5.41) is 19.7. The quantitative estimate of drug-likeness (QED) is 0.664. The normalized spacial score (nSPS) is 11.6. The van der Waals surface area contributed by atoms with Crippen molar-refractivity contribution in [3.8, 4) is 17.5 Å². The smallest absolute Gasteiger partial charge is 0.277 e. The van der Waals surface area contributed by atoms with Gasteiger partial charge in [-0.3, -0.25) is 4.79 Å². The van der Waals surface area contributed by atoms with Crippen LogP contribution in [-0.2, 0) is 4.79 Å². The van der Waals surface area contributed by atoms with Crippen LogP contribution in [0.2, 0.25) is 0 Å². The van der Waals surface area contributed by atoms with E-state index in [9.17, 15) is 4.79 Å². The molecule has 2 aromatic carbocycles. The number of carbonyl (C=O) groups excluding carboxylic acids is 1. The SMILES string of the molecule is Cc1cc(C)cc(-c2nnc(S[C@H](C)C(=O)Nc3cccc(C#N)c3)o2)c1. The number of nitrogens with zero attached hydrogens (tertiary/aromatic N) is 3. The summed E-state index contributed by atoms with van der Waals surface area (Å²) in [6.45, 7) is 5.78. The number of aromatic nitrogens is 2. The summed E-state index contributed by atoms with van der Waals surface area (Å²) in [6, 6.07) is 14.8. The Hall–Kier alpha value is -3.11. The van der Waals surface area contributed by atoms with Gasteiger partial charge in [-0.05, 0) is 51.1 Å². The molecule has 6 nitrogen and oxygen atoms in total. The van der Waals surface area contributed by atoms with Crippen molar-refractivity contribution in [2.24, 2.45) is 0 Å². The Morgan fingerprint density at radius 2 is 1.93 bits per heavy atom. The van der Waals surface area contributed by atoms with Gasteiger partial charge in [-0.2, -0.15) is 5.26 Å². The predicted molar refractivity (Wildman–Crippen MR) is 104 cm³/mol. The highest BCUT2D eigenvalue weighted by molar-refractivity contribution is 8.00. The number of rotatable bonds is 5. The van der Waals surface area contributed by atoms with Gasteiger partial charge >= 0.3 is 0 Å². The maximum Gasteiger partial charge on any atom is 0.277 e. The molecule has 1 heterocycles. The zero-order chi connectivity index (χ0) is 19.4. The Morgan fingerprint density at radius 1 is 1.19 bits per heavy atom. The number of anilines is 1. The minimum atomic E-state index is -0.441. The van der Waals surface area contributed by atoms with Gasteiger partial charge in [0.25, 0.3) is 5.22 Å². The van der Waals surface area contributed by atoms with Crippen LogP contribution in [0.25, 0.3) is 11.5 Å². The molecule has 0 aliphatic carbocycles. The molecule has 27 heavy (non-hydrogen) atoms. The first-order valence-corrected chi connectivity index (χ1v) is 9.22. The van der Waals surface area contributed by atoms with Crippen LogP contribution in [0, 0.1) is 25.2 Å². The summed E-state index contributed by atoms with van der Waals surface area (Å²) < 4.78 is 5.70. The van der Waals surface area contributed by atoms with E-state index in [1.54, 1.807) is 31.2 Å². The van der Waals surface area contributed by atoms with Gasteiger partial charge in [0.1, 0.15) is 0 Å². The highest BCUT2D eigenvalue weighted by Crippen LogP contribution is 2.27. The topological polar surface area (TPSA) is 91.8 Å². The monoisotopic (exact) mass is 378 g/mol. The standard InChI is InChI=1S/C20H18N4O2S/c1-12-7-13(2)9-16(8-12)19-23-24-20(26-19)27-14(3)18(25)22-17-6-4-5-15(10-17)11-21/h4-10,14H,1-3H3,(H,22,25)/t14-/m1/s1. The fourth-order valence-electron chi connectivity index (χ4n) is 2.59. The van der Waals surface area contributed by atoms with Gasteiger partial charge in [0.2, 0.25) is 11.8 Å². The molecule has 0 aliphatic rings. The lowest BCUT2D eigenvalue weighted by Crippen LogP contribution is -2.22. The van der Waals surface area contributed by atoms with Gasteiger partial charge < -0.3 is 9.73 Å². The molecule has 7 heteroatoms. The second-order valence-electron chi connectivity index (χ2n) is 6.19. The van der Waals surface area contributed by atoms with Gasteiger partial charge in [0.05, 0.1) is 16.9 Å². The van der Waals surface area contributed by atoms with E-state index < -0.39 is 5.25 Å². The molecule has 0 bridgehead atoms. The molecule has 3 rings (SSSR count). The Labute approximate surface area is 161 Å². The first-order valence-electron chi connectivity index (χ1n) is 8.34. The molecule has 0 aliphatic heterocycles. The lowest BCUT2D eigenvalue weighted by Gasteiger charge is -2.10. The summed E-state index contributed by atoms with van der Waals surface area (Å²) in [7, 11) is 0. The summed E-state index contributed by atoms with van der Waals surface area (Å²) >= 11 is 1.19. The Kier molecular flexibility index (Phi) is 5.57. The van der Waals surface area contributed by atoms with Gasteiger partial charge in [0, 0.05) is 11.3 Å². The number of benzene rings is 2. The van der Waals surface area contributed by atoms with Crippen molar-refractivity contribution < 1.29 is 9.21 Å². The van der Waals surface area contributed by atoms with E-state index in [1.165, 1.54) is 11.8 Å². The van der Waals surface area contributed by atoms with Gasteiger partial charge in [-0.1, -0.05) is 35.0 Å². The van der Waals surface area contributed by atoms with E-state index in [2.05, 4.69) is 21.6 Å². The molecule has 136 valence electrons. The molecule has 1 N–H and O–H groups in total. The number of nitriles is 1. The summed E-state index contributed by atoms with van der Waals surface area (Å²) in [4.78, 5) is 12.4. The highest BCUT2D eigenvalue weighted by Gasteiger charge is 2.19. The molecule has 0 saturated carbocycles. The van der Waals surface area contributed by atoms with Crippen LogP contribution in [0.5, 0.6) is 0 Å². The van der Waals surface area contributed by atoms with Crippen molar-refractivity contribution in [1.82, 2.24) is 10.2 Å². The minimum Gasteiger partial charge on any atom is -0.411 e. The number of nitrogens with one attached hydrogen (secondary N) is 1. The number of amides is 1. The molecular weight excluding hydrogens is 360 g/mol. The van der Waals surface area contributed by atoms with Crippen molar-refractivity contribution >= 4 is 23.4 Å². The van der Waals surface area contributed by atoms with E-state index in [0.29, 0.717) is 22.4 Å². The van der Waals surface area contributed by atoms with Crippen LogP contribution in [0.1, 0.15) is 23.6 Å². The molecule has 0 spiro atoms. The second kappa shape index (κ2) is 8.06.